The third-order valence-electron chi connectivity index (χ3n) is 4.87. The molecule has 1 amide bonds. The van der Waals surface area contributed by atoms with Crippen molar-refractivity contribution in [1.82, 2.24) is 15.0 Å². The van der Waals surface area contributed by atoms with Crippen molar-refractivity contribution in [1.29, 1.82) is 0 Å². The topological polar surface area (TPSA) is 67.7 Å². The van der Waals surface area contributed by atoms with Gasteiger partial charge in [0, 0.05) is 36.7 Å². The molecule has 9 heteroatoms. The van der Waals surface area contributed by atoms with Gasteiger partial charge in [0.25, 0.3) is 0 Å². The lowest BCUT2D eigenvalue weighted by molar-refractivity contribution is -0.274. The molecule has 2 aromatic heterocycles. The first-order valence-electron chi connectivity index (χ1n) is 9.74. The molecule has 0 N–H and O–H groups in total. The van der Waals surface area contributed by atoms with Crippen molar-refractivity contribution in [3.63, 3.8) is 0 Å². The van der Waals surface area contributed by atoms with E-state index >= 15 is 0 Å². The zero-order chi connectivity index (χ0) is 22.0. The number of carbonyl (C=O) groups is 1. The molecule has 0 atom stereocenters. The van der Waals surface area contributed by atoms with E-state index in [1.165, 1.54) is 23.2 Å². The van der Waals surface area contributed by atoms with Crippen LogP contribution in [0.4, 0.5) is 13.2 Å². The lowest BCUT2D eigenvalue weighted by atomic mass is 10.0. The third-order valence-corrected chi connectivity index (χ3v) is 4.87. The third kappa shape index (κ3) is 4.99. The van der Waals surface area contributed by atoms with Gasteiger partial charge in [0.2, 0.25) is 5.91 Å². The minimum absolute atomic E-state index is 0.0643. The van der Waals surface area contributed by atoms with Gasteiger partial charge in [-0.05, 0) is 55.3 Å². The number of amides is 1. The number of benzene rings is 1. The van der Waals surface area contributed by atoms with Crippen molar-refractivity contribution in [3.05, 3.63) is 65.6 Å². The zero-order valence-electron chi connectivity index (χ0n) is 16.7. The summed E-state index contributed by atoms with van der Waals surface area (Å²) in [5.41, 5.74) is 3.17. The minimum atomic E-state index is -4.79. The van der Waals surface area contributed by atoms with Crippen molar-refractivity contribution in [3.8, 4) is 5.75 Å². The van der Waals surface area contributed by atoms with Gasteiger partial charge in [0.05, 0.1) is 16.9 Å². The fourth-order valence-corrected chi connectivity index (χ4v) is 3.48. The molecule has 0 aliphatic carbocycles. The van der Waals surface area contributed by atoms with E-state index in [-0.39, 0.29) is 18.1 Å². The van der Waals surface area contributed by atoms with E-state index in [0.717, 1.165) is 12.1 Å². The maximum absolute atomic E-state index is 12.7. The molecule has 0 unspecified atom stereocenters. The number of pyridine rings is 2. The van der Waals surface area contributed by atoms with E-state index in [1.807, 2.05) is 19.1 Å². The smallest absolute Gasteiger partial charge is 0.406 e. The van der Waals surface area contributed by atoms with Crippen LogP contribution in [0.15, 0.2) is 53.8 Å². The average Bonchev–Trinajstić information content (AvgIpc) is 3.11. The first-order valence-corrected chi connectivity index (χ1v) is 9.74. The summed E-state index contributed by atoms with van der Waals surface area (Å²) in [7, 11) is 0. The summed E-state index contributed by atoms with van der Waals surface area (Å²) < 4.78 is 42.1. The Hall–Kier alpha value is -3.49. The van der Waals surface area contributed by atoms with Crippen LogP contribution >= 0.6 is 0 Å². The van der Waals surface area contributed by atoms with Crippen molar-refractivity contribution in [2.75, 3.05) is 6.54 Å². The first kappa shape index (κ1) is 20.8. The van der Waals surface area contributed by atoms with Gasteiger partial charge < -0.3 is 4.74 Å². The number of halogens is 3. The number of hydrogen-bond donors (Lipinski definition) is 0. The monoisotopic (exact) mass is 428 g/mol. The molecule has 160 valence electrons. The Balaban J connectivity index is 1.76. The lowest BCUT2D eigenvalue weighted by Crippen LogP contribution is -2.22. The van der Waals surface area contributed by atoms with Crippen LogP contribution in [0.2, 0.25) is 0 Å². The summed E-state index contributed by atoms with van der Waals surface area (Å²) in [4.78, 5) is 20.9. The van der Waals surface area contributed by atoms with Crippen molar-refractivity contribution >= 4 is 22.5 Å². The molecule has 3 aromatic rings. The molecule has 6 nitrogen and oxygen atoms in total. The van der Waals surface area contributed by atoms with Gasteiger partial charge in [-0.1, -0.05) is 6.07 Å². The van der Waals surface area contributed by atoms with Crippen LogP contribution in [0.3, 0.4) is 0 Å². The Kier molecular flexibility index (Phi) is 5.58. The number of hydrazone groups is 1. The maximum Gasteiger partial charge on any atom is 0.573 e. The lowest BCUT2D eigenvalue weighted by Gasteiger charge is -2.15. The van der Waals surface area contributed by atoms with E-state index in [9.17, 15) is 18.0 Å². The Morgan fingerprint density at radius 1 is 1.23 bits per heavy atom. The molecule has 31 heavy (non-hydrogen) atoms. The Bertz CT molecular complexity index is 1160. The van der Waals surface area contributed by atoms with Crippen LogP contribution in [-0.2, 0) is 11.2 Å². The summed E-state index contributed by atoms with van der Waals surface area (Å²) in [5.74, 6) is -0.387. The van der Waals surface area contributed by atoms with E-state index in [4.69, 9.17) is 0 Å². The maximum atomic E-state index is 12.7. The molecule has 4 rings (SSSR count). The highest BCUT2D eigenvalue weighted by Crippen LogP contribution is 2.28. The van der Waals surface area contributed by atoms with E-state index in [0.29, 0.717) is 40.8 Å². The predicted molar refractivity (Wildman–Crippen MR) is 109 cm³/mol. The number of alkyl halides is 3. The van der Waals surface area contributed by atoms with Gasteiger partial charge in [-0.3, -0.25) is 14.8 Å². The second kappa shape index (κ2) is 8.33. The Labute approximate surface area is 176 Å². The van der Waals surface area contributed by atoms with Gasteiger partial charge >= 0.3 is 6.36 Å². The molecular weight excluding hydrogens is 409 g/mol. The normalized spacial score (nSPS) is 15.0. The van der Waals surface area contributed by atoms with Crippen LogP contribution in [-0.4, -0.2) is 39.5 Å². The number of aromatic nitrogens is 2. The highest BCUT2D eigenvalue weighted by Gasteiger charge is 2.31. The second-order valence-corrected chi connectivity index (χ2v) is 7.20. The number of ether oxygens (including phenoxy) is 1. The second-order valence-electron chi connectivity index (χ2n) is 7.20. The molecule has 1 saturated heterocycles. The SMILES string of the molecule is Cc1cccc(C(Cc2ccnc3ccc(OC(F)(F)F)cc23)=NN2CCCC2=O)n1. The van der Waals surface area contributed by atoms with Crippen LogP contribution in [0.25, 0.3) is 10.9 Å². The molecule has 0 radical (unpaired) electrons. The molecule has 3 heterocycles. The van der Waals surface area contributed by atoms with Crippen LogP contribution in [0.1, 0.15) is 29.8 Å². The van der Waals surface area contributed by atoms with Gasteiger partial charge in [-0.2, -0.15) is 5.10 Å². The highest BCUT2D eigenvalue weighted by molar-refractivity contribution is 6.02. The number of hydrogen-bond acceptors (Lipinski definition) is 5. The standard InChI is InChI=1S/C22H19F3N4O2/c1-14-4-2-5-19(27-14)20(28-29-11-3-6-21(29)30)12-15-9-10-26-18-8-7-16(13-17(15)18)31-22(23,24)25/h2,4-5,7-10,13H,3,6,11-12H2,1H3. The Morgan fingerprint density at radius 2 is 2.06 bits per heavy atom. The van der Waals surface area contributed by atoms with E-state index in [2.05, 4.69) is 19.8 Å². The first-order chi connectivity index (χ1) is 14.8. The molecule has 0 saturated carbocycles. The quantitative estimate of drug-likeness (QED) is 0.565. The largest absolute Gasteiger partial charge is 0.573 e. The predicted octanol–water partition coefficient (Wildman–Crippen LogP) is 4.41. The molecule has 0 bridgehead atoms. The fraction of sp³-hybridized carbons (Fsp3) is 0.273. The number of fused-ring (bicyclic) bond motifs is 1. The van der Waals surface area contributed by atoms with Crippen molar-refractivity contribution in [2.24, 2.45) is 5.10 Å². The fourth-order valence-electron chi connectivity index (χ4n) is 3.48. The number of nitrogens with zero attached hydrogens (tertiary/aromatic N) is 4. The van der Waals surface area contributed by atoms with Crippen molar-refractivity contribution < 1.29 is 22.7 Å². The number of aryl methyl sites for hydroxylation is 1. The summed E-state index contributed by atoms with van der Waals surface area (Å²) in [6, 6.07) is 11.2. The minimum Gasteiger partial charge on any atom is -0.406 e. The van der Waals surface area contributed by atoms with Crippen LogP contribution in [0.5, 0.6) is 5.75 Å². The summed E-state index contributed by atoms with van der Waals surface area (Å²) >= 11 is 0. The molecular formula is C22H19F3N4O2. The molecule has 0 spiro atoms. The van der Waals surface area contributed by atoms with Gasteiger partial charge in [-0.15, -0.1) is 13.2 Å². The van der Waals surface area contributed by atoms with Crippen LogP contribution in [0, 0.1) is 6.92 Å². The zero-order valence-corrected chi connectivity index (χ0v) is 16.7. The molecule has 1 aliphatic heterocycles. The molecule has 1 aliphatic rings. The van der Waals surface area contributed by atoms with Gasteiger partial charge in [0.1, 0.15) is 5.75 Å². The number of carbonyl (C=O) groups excluding carboxylic acids is 1. The summed E-state index contributed by atoms with van der Waals surface area (Å²) in [6.45, 7) is 2.37. The van der Waals surface area contributed by atoms with Crippen molar-refractivity contribution in [2.45, 2.75) is 32.5 Å². The van der Waals surface area contributed by atoms with Gasteiger partial charge in [-0.25, -0.2) is 5.01 Å². The van der Waals surface area contributed by atoms with E-state index < -0.39 is 6.36 Å². The molecule has 1 fully saturated rings. The summed E-state index contributed by atoms with van der Waals surface area (Å²) in [5, 5.41) is 6.50. The highest BCUT2D eigenvalue weighted by atomic mass is 19.4. The molecule has 1 aromatic carbocycles. The van der Waals surface area contributed by atoms with E-state index in [1.54, 1.807) is 18.3 Å². The van der Waals surface area contributed by atoms with Gasteiger partial charge in [0.15, 0.2) is 0 Å². The average molecular weight is 428 g/mol. The van der Waals surface area contributed by atoms with Crippen LogP contribution < -0.4 is 4.74 Å². The Morgan fingerprint density at radius 3 is 2.77 bits per heavy atom. The number of rotatable bonds is 5. The summed E-state index contributed by atoms with van der Waals surface area (Å²) in [6.07, 6.45) is -1.77.